The summed E-state index contributed by atoms with van der Waals surface area (Å²) in [5.74, 6) is -3.29. The molecule has 0 radical (unpaired) electrons. The number of hydrogen-bond donors (Lipinski definition) is 10. The van der Waals surface area contributed by atoms with E-state index in [1.807, 2.05) is 0 Å². The van der Waals surface area contributed by atoms with Gasteiger partial charge in [-0.2, -0.15) is 0 Å². The molecule has 18 nitrogen and oxygen atoms in total. The number of carboxylic acids is 2. The van der Waals surface area contributed by atoms with Crippen LogP contribution in [0.3, 0.4) is 0 Å². The molecule has 0 aliphatic heterocycles. The molecule has 1 aromatic carbocycles. The average molecular weight is 754 g/mol. The Bertz CT molecular complexity index is 1210. The lowest BCUT2D eigenvalue weighted by Crippen LogP contribution is -2.48. The molecule has 0 saturated heterocycles. The highest BCUT2D eigenvalue weighted by Crippen LogP contribution is 2.20. The molecule has 2 amide bonds. The third-order valence-electron chi connectivity index (χ3n) is 8.68. The molecule has 300 valence electrons. The first kappa shape index (κ1) is 47.7. The maximum absolute atomic E-state index is 13.2. The van der Waals surface area contributed by atoms with Gasteiger partial charge < -0.3 is 68.6 Å². The maximum Gasteiger partial charge on any atom is 0.503 e. The van der Waals surface area contributed by atoms with Gasteiger partial charge in [-0.05, 0) is 80.8 Å². The van der Waals surface area contributed by atoms with Gasteiger partial charge in [-0.25, -0.2) is 4.81 Å². The lowest BCUT2D eigenvalue weighted by Gasteiger charge is -2.29. The van der Waals surface area contributed by atoms with Crippen molar-refractivity contribution in [2.24, 2.45) is 40.5 Å². The third kappa shape index (κ3) is 21.2. The molecule has 0 aliphatic carbocycles. The summed E-state index contributed by atoms with van der Waals surface area (Å²) < 4.78 is 0. The van der Waals surface area contributed by atoms with Crippen molar-refractivity contribution in [2.45, 2.75) is 88.9 Å². The summed E-state index contributed by atoms with van der Waals surface area (Å²) in [5, 5.41) is 47.4. The summed E-state index contributed by atoms with van der Waals surface area (Å²) in [6.07, 6.45) is 3.43. The first-order valence-corrected chi connectivity index (χ1v) is 18.3. The predicted octanol–water partition coefficient (Wildman–Crippen LogP) is -1.41. The van der Waals surface area contributed by atoms with Crippen LogP contribution in [-0.4, -0.2) is 131 Å². The van der Waals surface area contributed by atoms with E-state index in [0.717, 1.165) is 6.42 Å². The molecule has 0 fully saturated rings. The van der Waals surface area contributed by atoms with Crippen molar-refractivity contribution in [3.8, 4) is 5.75 Å². The molecule has 1 aromatic rings. The van der Waals surface area contributed by atoms with Gasteiger partial charge in [0.05, 0.1) is 12.1 Å². The van der Waals surface area contributed by atoms with Crippen molar-refractivity contribution in [3.63, 3.8) is 0 Å². The van der Waals surface area contributed by atoms with Crippen LogP contribution in [0.5, 0.6) is 5.75 Å². The Morgan fingerprint density at radius 2 is 1.19 bits per heavy atom. The minimum Gasteiger partial charge on any atom is -0.481 e. The molecule has 0 saturated carbocycles. The number of unbranched alkanes of at least 4 members (excludes halogenated alkanes) is 1. The number of amides is 2. The smallest absolute Gasteiger partial charge is 0.481 e. The SMILES string of the molecule is NCCCC[C@H](N)C(=O)N(CCN)CC(CCCB(O)OOc1ccc(C[C@H](N)C(=O)N(CCN)CC(CCCB(O)O)CC(=O)O)cc1)CC(=O)O. The predicted molar refractivity (Wildman–Crippen MR) is 200 cm³/mol. The van der Waals surface area contributed by atoms with E-state index < -0.39 is 56.0 Å². The molecule has 0 aromatic heterocycles. The van der Waals surface area contributed by atoms with Gasteiger partial charge in [-0.3, -0.25) is 19.2 Å². The van der Waals surface area contributed by atoms with E-state index in [0.29, 0.717) is 50.6 Å². The third-order valence-corrected chi connectivity index (χ3v) is 8.68. The van der Waals surface area contributed by atoms with Gasteiger partial charge in [-0.15, -0.1) is 0 Å². The van der Waals surface area contributed by atoms with Gasteiger partial charge in [0.25, 0.3) is 0 Å². The summed E-state index contributed by atoms with van der Waals surface area (Å²) in [7, 11) is -2.82. The topological polar surface area (TPSA) is 324 Å². The van der Waals surface area contributed by atoms with Crippen LogP contribution >= 0.6 is 0 Å². The number of carbonyl (C=O) groups excluding carboxylic acids is 2. The van der Waals surface area contributed by atoms with Crippen LogP contribution in [0.15, 0.2) is 24.3 Å². The highest BCUT2D eigenvalue weighted by atomic mass is 17.2. The van der Waals surface area contributed by atoms with E-state index >= 15 is 0 Å². The fourth-order valence-electron chi connectivity index (χ4n) is 5.98. The number of nitrogens with two attached hydrogens (primary N) is 5. The van der Waals surface area contributed by atoms with Crippen LogP contribution in [0.4, 0.5) is 0 Å². The van der Waals surface area contributed by atoms with Crippen LogP contribution < -0.4 is 33.6 Å². The zero-order chi connectivity index (χ0) is 39.8. The number of rotatable bonds is 31. The first-order chi connectivity index (χ1) is 25.2. The molecule has 53 heavy (non-hydrogen) atoms. The Morgan fingerprint density at radius 1 is 0.679 bits per heavy atom. The molecular weight excluding hydrogens is 692 g/mol. The van der Waals surface area contributed by atoms with Crippen LogP contribution in [-0.2, 0) is 30.4 Å². The van der Waals surface area contributed by atoms with Gasteiger partial charge in [0.2, 0.25) is 11.8 Å². The standard InChI is InChI=1S/C33H61B2N7O11/c36-14-2-1-7-28(39)32(47)41(17-15-37)22-26(21-31(45)46)6-4-13-35(51)53-52-27-10-8-24(9-11-27)19-29(40)33(48)42(18-16-38)23-25(20-30(43)44)5-3-12-34(49)50/h8-11,25-26,28-29,49-51H,1-7,12-23,36-40H2,(H,43,44)(H,45,46)/t25?,26?,28-,29-/m0/s1. The minimum atomic E-state index is -1.49. The van der Waals surface area contributed by atoms with Crippen molar-refractivity contribution >= 4 is 38.0 Å². The van der Waals surface area contributed by atoms with Crippen molar-refractivity contribution < 1.29 is 54.2 Å². The van der Waals surface area contributed by atoms with E-state index in [9.17, 15) is 34.4 Å². The highest BCUT2D eigenvalue weighted by molar-refractivity contribution is 6.42. The van der Waals surface area contributed by atoms with Crippen LogP contribution in [0.2, 0.25) is 12.6 Å². The fourth-order valence-corrected chi connectivity index (χ4v) is 5.98. The maximum atomic E-state index is 13.2. The van der Waals surface area contributed by atoms with E-state index in [4.69, 9.17) is 48.4 Å². The Hall–Kier alpha value is -3.33. The second-order valence-corrected chi connectivity index (χ2v) is 13.4. The Kier molecular flexibility index (Phi) is 24.5. The van der Waals surface area contributed by atoms with E-state index in [2.05, 4.69) is 0 Å². The van der Waals surface area contributed by atoms with Crippen molar-refractivity contribution in [1.29, 1.82) is 0 Å². The number of carboxylic acid groups (broad SMARTS) is 2. The monoisotopic (exact) mass is 753 g/mol. The molecule has 20 heteroatoms. The van der Waals surface area contributed by atoms with E-state index in [1.165, 1.54) is 9.80 Å². The van der Waals surface area contributed by atoms with Gasteiger partial charge >= 0.3 is 26.2 Å². The lowest BCUT2D eigenvalue weighted by atomic mass is 9.81. The zero-order valence-corrected chi connectivity index (χ0v) is 30.7. The number of benzene rings is 1. The summed E-state index contributed by atoms with van der Waals surface area (Å²) >= 11 is 0. The van der Waals surface area contributed by atoms with Gasteiger partial charge in [-0.1, -0.05) is 31.4 Å². The molecule has 0 aliphatic rings. The Morgan fingerprint density at radius 3 is 1.66 bits per heavy atom. The number of carbonyl (C=O) groups is 4. The van der Waals surface area contributed by atoms with Crippen LogP contribution in [0.1, 0.15) is 63.4 Å². The largest absolute Gasteiger partial charge is 0.503 e. The van der Waals surface area contributed by atoms with Crippen LogP contribution in [0.25, 0.3) is 0 Å². The molecule has 0 spiro atoms. The molecule has 4 atom stereocenters. The minimum absolute atomic E-state index is 0.0887. The normalized spacial score (nSPS) is 13.4. The molecule has 2 unspecified atom stereocenters. The zero-order valence-electron chi connectivity index (χ0n) is 30.7. The van der Waals surface area contributed by atoms with Gasteiger partial charge in [0, 0.05) is 52.1 Å². The van der Waals surface area contributed by atoms with Gasteiger partial charge in [0.15, 0.2) is 5.75 Å². The number of nitrogens with zero attached hydrogens (tertiary/aromatic N) is 2. The summed E-state index contributed by atoms with van der Waals surface area (Å²) in [6.45, 7) is 1.53. The second kappa shape index (κ2) is 27.3. The highest BCUT2D eigenvalue weighted by Gasteiger charge is 2.27. The van der Waals surface area contributed by atoms with E-state index in [1.54, 1.807) is 24.3 Å². The quantitative estimate of drug-likeness (QED) is 0.0180. The molecule has 0 heterocycles. The number of hydrogen-bond acceptors (Lipinski definition) is 14. The Balaban J connectivity index is 2.68. The molecule has 15 N–H and O–H groups in total. The van der Waals surface area contributed by atoms with Crippen molar-refractivity contribution in [1.82, 2.24) is 9.80 Å². The van der Waals surface area contributed by atoms with Crippen molar-refractivity contribution in [3.05, 3.63) is 29.8 Å². The fraction of sp³-hybridized carbons (Fsp3) is 0.697. The first-order valence-electron chi connectivity index (χ1n) is 18.3. The second-order valence-electron chi connectivity index (χ2n) is 13.4. The van der Waals surface area contributed by atoms with Gasteiger partial charge in [0.1, 0.15) is 0 Å². The summed E-state index contributed by atoms with van der Waals surface area (Å²) in [4.78, 5) is 62.5. The molecular formula is C33H61B2N7O11. The Labute approximate surface area is 312 Å². The van der Waals surface area contributed by atoms with E-state index in [-0.39, 0.29) is 82.8 Å². The van der Waals surface area contributed by atoms with Crippen LogP contribution in [0, 0.1) is 11.8 Å². The lowest BCUT2D eigenvalue weighted by molar-refractivity contribution is -0.140. The number of aliphatic carboxylic acids is 2. The average Bonchev–Trinajstić information content (AvgIpc) is 3.09. The molecule has 0 bridgehead atoms. The van der Waals surface area contributed by atoms with Crippen molar-refractivity contribution in [2.75, 3.05) is 45.8 Å². The molecule has 1 rings (SSSR count). The summed E-state index contributed by atoms with van der Waals surface area (Å²) in [5.41, 5.74) is 30.0. The summed E-state index contributed by atoms with van der Waals surface area (Å²) in [6, 6.07) is 4.82.